The molecule has 3 aromatic rings. The van der Waals surface area contributed by atoms with Crippen molar-refractivity contribution in [3.63, 3.8) is 0 Å². The van der Waals surface area contributed by atoms with Crippen LogP contribution in [0.4, 0.5) is 5.69 Å². The minimum absolute atomic E-state index is 0.0273. The van der Waals surface area contributed by atoms with Crippen molar-refractivity contribution >= 4 is 16.7 Å². The number of aromatic amines is 1. The molecule has 2 aromatic heterocycles. The third-order valence-corrected chi connectivity index (χ3v) is 3.24. The molecule has 1 aromatic carbocycles. The number of H-pyrrole nitrogens is 1. The standard InChI is InChI=1S/C14H10N4O4/c19-13-11-2-1-7-15-12(11)17(14(20)16-13)8-9-3-5-10(6-4-9)18(21)22/h1-7H,8H2,(H,16,19,20). The molecule has 22 heavy (non-hydrogen) atoms. The molecule has 0 atom stereocenters. The first kappa shape index (κ1) is 13.7. The quantitative estimate of drug-likeness (QED) is 0.573. The fourth-order valence-electron chi connectivity index (χ4n) is 2.17. The normalized spacial score (nSPS) is 10.7. The molecule has 0 fully saturated rings. The second-order valence-corrected chi connectivity index (χ2v) is 4.64. The Morgan fingerprint density at radius 3 is 2.59 bits per heavy atom. The van der Waals surface area contributed by atoms with E-state index in [0.29, 0.717) is 10.9 Å². The number of aromatic nitrogens is 3. The van der Waals surface area contributed by atoms with Crippen molar-refractivity contribution in [2.45, 2.75) is 6.54 Å². The number of hydrogen-bond acceptors (Lipinski definition) is 5. The Morgan fingerprint density at radius 2 is 1.91 bits per heavy atom. The summed E-state index contributed by atoms with van der Waals surface area (Å²) < 4.78 is 1.32. The molecule has 0 aliphatic heterocycles. The Hall–Kier alpha value is -3.29. The molecular weight excluding hydrogens is 288 g/mol. The van der Waals surface area contributed by atoms with Crippen LogP contribution >= 0.6 is 0 Å². The Labute approximate surface area is 122 Å². The molecule has 0 aliphatic rings. The fourth-order valence-corrected chi connectivity index (χ4v) is 2.17. The van der Waals surface area contributed by atoms with Gasteiger partial charge in [0.25, 0.3) is 11.2 Å². The third kappa shape index (κ3) is 2.37. The van der Waals surface area contributed by atoms with Crippen molar-refractivity contribution in [1.82, 2.24) is 14.5 Å². The van der Waals surface area contributed by atoms with Crippen molar-refractivity contribution in [3.05, 3.63) is 79.1 Å². The number of non-ortho nitro benzene ring substituents is 1. The number of nitro benzene ring substituents is 1. The van der Waals surface area contributed by atoms with E-state index in [1.54, 1.807) is 24.3 Å². The maximum Gasteiger partial charge on any atom is 0.330 e. The van der Waals surface area contributed by atoms with Crippen LogP contribution < -0.4 is 11.2 Å². The number of benzene rings is 1. The van der Waals surface area contributed by atoms with Crippen molar-refractivity contribution in [1.29, 1.82) is 0 Å². The van der Waals surface area contributed by atoms with Gasteiger partial charge in [0.1, 0.15) is 5.65 Å². The lowest BCUT2D eigenvalue weighted by Gasteiger charge is -2.08. The van der Waals surface area contributed by atoms with Gasteiger partial charge in [-0.05, 0) is 17.7 Å². The second kappa shape index (κ2) is 5.24. The number of nitrogens with zero attached hydrogens (tertiary/aromatic N) is 3. The van der Waals surface area contributed by atoms with E-state index < -0.39 is 16.2 Å². The molecule has 0 aliphatic carbocycles. The highest BCUT2D eigenvalue weighted by molar-refractivity contribution is 5.73. The highest BCUT2D eigenvalue weighted by Gasteiger charge is 2.10. The molecule has 110 valence electrons. The summed E-state index contributed by atoms with van der Waals surface area (Å²) in [6.07, 6.45) is 1.49. The largest absolute Gasteiger partial charge is 0.330 e. The average Bonchev–Trinajstić information content (AvgIpc) is 2.52. The van der Waals surface area contributed by atoms with Gasteiger partial charge < -0.3 is 0 Å². The molecule has 0 radical (unpaired) electrons. The zero-order chi connectivity index (χ0) is 15.7. The van der Waals surface area contributed by atoms with Crippen LogP contribution in [0.15, 0.2) is 52.2 Å². The van der Waals surface area contributed by atoms with Gasteiger partial charge in [0.05, 0.1) is 16.9 Å². The van der Waals surface area contributed by atoms with Crippen molar-refractivity contribution < 1.29 is 4.92 Å². The number of pyridine rings is 1. The number of fused-ring (bicyclic) bond motifs is 1. The van der Waals surface area contributed by atoms with Gasteiger partial charge in [0, 0.05) is 18.3 Å². The molecule has 0 saturated heterocycles. The van der Waals surface area contributed by atoms with Crippen LogP contribution in [0.25, 0.3) is 11.0 Å². The summed E-state index contributed by atoms with van der Waals surface area (Å²) >= 11 is 0. The van der Waals surface area contributed by atoms with Gasteiger partial charge >= 0.3 is 5.69 Å². The maximum absolute atomic E-state index is 12.0. The van der Waals surface area contributed by atoms with E-state index in [9.17, 15) is 19.7 Å². The van der Waals surface area contributed by atoms with Crippen LogP contribution in [-0.4, -0.2) is 19.5 Å². The molecule has 0 amide bonds. The van der Waals surface area contributed by atoms with Gasteiger partial charge in [0.2, 0.25) is 0 Å². The van der Waals surface area contributed by atoms with Crippen LogP contribution in [0, 0.1) is 10.1 Å². The molecule has 0 unspecified atom stereocenters. The minimum Gasteiger partial charge on any atom is -0.273 e. The van der Waals surface area contributed by atoms with Gasteiger partial charge in [-0.3, -0.25) is 24.5 Å². The van der Waals surface area contributed by atoms with Gasteiger partial charge in [-0.2, -0.15) is 0 Å². The van der Waals surface area contributed by atoms with Gasteiger partial charge in [-0.15, -0.1) is 0 Å². The Kier molecular flexibility index (Phi) is 3.26. The summed E-state index contributed by atoms with van der Waals surface area (Å²) in [5.74, 6) is 0. The third-order valence-electron chi connectivity index (χ3n) is 3.24. The number of rotatable bonds is 3. The van der Waals surface area contributed by atoms with Crippen LogP contribution in [0.2, 0.25) is 0 Å². The lowest BCUT2D eigenvalue weighted by Crippen LogP contribution is -2.31. The summed E-state index contributed by atoms with van der Waals surface area (Å²) in [6.45, 7) is 0.154. The molecule has 1 N–H and O–H groups in total. The molecular formula is C14H10N4O4. The lowest BCUT2D eigenvalue weighted by atomic mass is 10.2. The van der Waals surface area contributed by atoms with E-state index in [1.165, 1.54) is 22.9 Å². The topological polar surface area (TPSA) is 111 Å². The van der Waals surface area contributed by atoms with Crippen LogP contribution in [0.1, 0.15) is 5.56 Å². The SMILES string of the molecule is O=c1[nH]c(=O)n(Cc2ccc([N+](=O)[O-])cc2)c2ncccc12. The van der Waals surface area contributed by atoms with E-state index in [2.05, 4.69) is 9.97 Å². The summed E-state index contributed by atoms with van der Waals surface area (Å²) in [6, 6.07) is 9.03. The first-order valence-corrected chi connectivity index (χ1v) is 6.37. The highest BCUT2D eigenvalue weighted by atomic mass is 16.6. The van der Waals surface area contributed by atoms with E-state index in [4.69, 9.17) is 0 Å². The Morgan fingerprint density at radius 1 is 1.18 bits per heavy atom. The zero-order valence-corrected chi connectivity index (χ0v) is 11.2. The monoisotopic (exact) mass is 298 g/mol. The fraction of sp³-hybridized carbons (Fsp3) is 0.0714. The van der Waals surface area contributed by atoms with Crippen molar-refractivity contribution in [2.75, 3.05) is 0 Å². The molecule has 8 heteroatoms. The number of nitro groups is 1. The lowest BCUT2D eigenvalue weighted by molar-refractivity contribution is -0.384. The van der Waals surface area contributed by atoms with E-state index in [-0.39, 0.29) is 17.9 Å². The predicted molar refractivity (Wildman–Crippen MR) is 78.8 cm³/mol. The van der Waals surface area contributed by atoms with Crippen molar-refractivity contribution in [2.24, 2.45) is 0 Å². The minimum atomic E-state index is -0.574. The highest BCUT2D eigenvalue weighted by Crippen LogP contribution is 2.13. The van der Waals surface area contributed by atoms with E-state index in [1.807, 2.05) is 0 Å². The summed E-state index contributed by atoms with van der Waals surface area (Å²) in [5.41, 5.74) is -0.135. The number of nitrogens with one attached hydrogen (secondary N) is 1. The van der Waals surface area contributed by atoms with Crippen LogP contribution in [0.5, 0.6) is 0 Å². The molecule has 0 spiro atoms. The van der Waals surface area contributed by atoms with Crippen molar-refractivity contribution in [3.8, 4) is 0 Å². The summed E-state index contributed by atoms with van der Waals surface area (Å²) in [5, 5.41) is 10.9. The predicted octanol–water partition coefficient (Wildman–Crippen LogP) is 1.04. The first-order valence-electron chi connectivity index (χ1n) is 6.37. The van der Waals surface area contributed by atoms with Gasteiger partial charge in [-0.1, -0.05) is 12.1 Å². The molecule has 0 bridgehead atoms. The van der Waals surface area contributed by atoms with Gasteiger partial charge in [0.15, 0.2) is 0 Å². The van der Waals surface area contributed by atoms with Crippen LogP contribution in [-0.2, 0) is 6.54 Å². The Bertz CT molecular complexity index is 973. The molecule has 0 saturated carbocycles. The summed E-state index contributed by atoms with van der Waals surface area (Å²) in [4.78, 5) is 40.2. The molecule has 3 rings (SSSR count). The molecule has 8 nitrogen and oxygen atoms in total. The average molecular weight is 298 g/mol. The van der Waals surface area contributed by atoms with Gasteiger partial charge in [-0.25, -0.2) is 9.78 Å². The second-order valence-electron chi connectivity index (χ2n) is 4.64. The smallest absolute Gasteiger partial charge is 0.273 e. The maximum atomic E-state index is 12.0. The zero-order valence-electron chi connectivity index (χ0n) is 11.2. The van der Waals surface area contributed by atoms with E-state index in [0.717, 1.165) is 0 Å². The number of hydrogen-bond donors (Lipinski definition) is 1. The Balaban J connectivity index is 2.09. The molecule has 2 heterocycles. The van der Waals surface area contributed by atoms with Crippen LogP contribution in [0.3, 0.4) is 0 Å². The van der Waals surface area contributed by atoms with E-state index >= 15 is 0 Å². The first-order chi connectivity index (χ1) is 10.6. The summed E-state index contributed by atoms with van der Waals surface area (Å²) in [7, 11) is 0.